The van der Waals surface area contributed by atoms with Gasteiger partial charge in [0.05, 0.1) is 5.92 Å². The van der Waals surface area contributed by atoms with E-state index in [0.29, 0.717) is 11.8 Å². The Balaban J connectivity index is 2.09. The molecule has 2 saturated carbocycles. The van der Waals surface area contributed by atoms with Crippen LogP contribution in [0.2, 0.25) is 0 Å². The standard InChI is InChI=1S/C10H16O2/c1-2-7-3-6-4-8(7)9(5-6)10(11)12/h6-9H,2-5H2,1H3,(H,11,12). The van der Waals surface area contributed by atoms with E-state index in [1.165, 1.54) is 19.3 Å². The number of aliphatic carboxylic acids is 1. The van der Waals surface area contributed by atoms with Gasteiger partial charge in [-0.2, -0.15) is 0 Å². The first-order valence-corrected chi connectivity index (χ1v) is 4.95. The van der Waals surface area contributed by atoms with Gasteiger partial charge in [-0.25, -0.2) is 0 Å². The first-order valence-electron chi connectivity index (χ1n) is 4.95. The number of rotatable bonds is 2. The van der Waals surface area contributed by atoms with Crippen LogP contribution in [0.25, 0.3) is 0 Å². The van der Waals surface area contributed by atoms with Crippen molar-refractivity contribution >= 4 is 5.97 Å². The number of carboxylic acid groups (broad SMARTS) is 1. The van der Waals surface area contributed by atoms with E-state index < -0.39 is 5.97 Å². The molecule has 0 heterocycles. The Morgan fingerprint density at radius 2 is 2.17 bits per heavy atom. The quantitative estimate of drug-likeness (QED) is 0.686. The summed E-state index contributed by atoms with van der Waals surface area (Å²) in [7, 11) is 0. The van der Waals surface area contributed by atoms with Crippen molar-refractivity contribution in [3.05, 3.63) is 0 Å². The van der Waals surface area contributed by atoms with Crippen molar-refractivity contribution in [3.8, 4) is 0 Å². The molecular weight excluding hydrogens is 152 g/mol. The maximum atomic E-state index is 10.9. The van der Waals surface area contributed by atoms with E-state index >= 15 is 0 Å². The molecular formula is C10H16O2. The molecule has 2 aliphatic carbocycles. The molecule has 68 valence electrons. The Morgan fingerprint density at radius 3 is 2.67 bits per heavy atom. The summed E-state index contributed by atoms with van der Waals surface area (Å²) in [6.45, 7) is 2.18. The van der Waals surface area contributed by atoms with Gasteiger partial charge in [-0.05, 0) is 37.0 Å². The van der Waals surface area contributed by atoms with Crippen LogP contribution in [0.15, 0.2) is 0 Å². The van der Waals surface area contributed by atoms with Crippen LogP contribution in [0.5, 0.6) is 0 Å². The maximum absolute atomic E-state index is 10.9. The highest BCUT2D eigenvalue weighted by Crippen LogP contribution is 2.52. The summed E-state index contributed by atoms with van der Waals surface area (Å²) in [6, 6.07) is 0. The highest BCUT2D eigenvalue weighted by atomic mass is 16.4. The topological polar surface area (TPSA) is 37.3 Å². The largest absolute Gasteiger partial charge is 0.481 e. The number of fused-ring (bicyclic) bond motifs is 2. The molecule has 0 aromatic heterocycles. The van der Waals surface area contributed by atoms with E-state index in [-0.39, 0.29) is 5.92 Å². The number of carbonyl (C=O) groups is 1. The highest BCUT2D eigenvalue weighted by molar-refractivity contribution is 5.71. The summed E-state index contributed by atoms with van der Waals surface area (Å²) in [5.74, 6) is 1.40. The first-order chi connectivity index (χ1) is 5.72. The van der Waals surface area contributed by atoms with Gasteiger partial charge in [0, 0.05) is 0 Å². The molecule has 2 heteroatoms. The third-order valence-electron chi connectivity index (χ3n) is 3.79. The predicted molar refractivity (Wildman–Crippen MR) is 45.7 cm³/mol. The summed E-state index contributed by atoms with van der Waals surface area (Å²) in [5.41, 5.74) is 0. The second-order valence-electron chi connectivity index (χ2n) is 4.35. The minimum absolute atomic E-state index is 0.00583. The monoisotopic (exact) mass is 168 g/mol. The molecule has 0 aromatic carbocycles. The van der Waals surface area contributed by atoms with Crippen molar-refractivity contribution in [1.29, 1.82) is 0 Å². The molecule has 2 fully saturated rings. The minimum Gasteiger partial charge on any atom is -0.481 e. The molecule has 1 N–H and O–H groups in total. The lowest BCUT2D eigenvalue weighted by atomic mass is 9.79. The van der Waals surface area contributed by atoms with Gasteiger partial charge in [-0.3, -0.25) is 4.79 Å². The Hall–Kier alpha value is -0.530. The van der Waals surface area contributed by atoms with E-state index in [9.17, 15) is 4.79 Å². The fraction of sp³-hybridized carbons (Fsp3) is 0.900. The van der Waals surface area contributed by atoms with Crippen LogP contribution in [0.4, 0.5) is 0 Å². The van der Waals surface area contributed by atoms with Crippen LogP contribution >= 0.6 is 0 Å². The fourth-order valence-corrected chi connectivity index (χ4v) is 3.25. The van der Waals surface area contributed by atoms with Crippen LogP contribution in [-0.2, 0) is 4.79 Å². The van der Waals surface area contributed by atoms with E-state index in [1.54, 1.807) is 0 Å². The normalized spacial score (nSPS) is 45.1. The van der Waals surface area contributed by atoms with Gasteiger partial charge in [0.15, 0.2) is 0 Å². The van der Waals surface area contributed by atoms with Crippen molar-refractivity contribution in [1.82, 2.24) is 0 Å². The summed E-state index contributed by atoms with van der Waals surface area (Å²) in [5, 5.41) is 8.95. The molecule has 2 aliphatic rings. The lowest BCUT2D eigenvalue weighted by Crippen LogP contribution is -2.26. The molecule has 4 unspecified atom stereocenters. The van der Waals surface area contributed by atoms with E-state index in [0.717, 1.165) is 12.3 Å². The van der Waals surface area contributed by atoms with Crippen molar-refractivity contribution in [2.75, 3.05) is 0 Å². The molecule has 4 atom stereocenters. The zero-order valence-electron chi connectivity index (χ0n) is 7.49. The molecule has 2 nitrogen and oxygen atoms in total. The minimum atomic E-state index is -0.555. The SMILES string of the molecule is CCC1CC2CC(C(=O)O)C1C2. The van der Waals surface area contributed by atoms with Gasteiger partial charge in [-0.15, -0.1) is 0 Å². The Morgan fingerprint density at radius 1 is 1.42 bits per heavy atom. The second kappa shape index (κ2) is 2.75. The molecule has 0 saturated heterocycles. The van der Waals surface area contributed by atoms with Crippen molar-refractivity contribution in [2.24, 2.45) is 23.7 Å². The van der Waals surface area contributed by atoms with Gasteiger partial charge >= 0.3 is 5.97 Å². The Labute approximate surface area is 73.0 Å². The number of hydrogen-bond donors (Lipinski definition) is 1. The first kappa shape index (κ1) is 8.09. The number of hydrogen-bond acceptors (Lipinski definition) is 1. The maximum Gasteiger partial charge on any atom is 0.306 e. The third-order valence-corrected chi connectivity index (χ3v) is 3.79. The summed E-state index contributed by atoms with van der Waals surface area (Å²) < 4.78 is 0. The van der Waals surface area contributed by atoms with Crippen LogP contribution in [0.1, 0.15) is 32.6 Å². The molecule has 0 amide bonds. The highest BCUT2D eigenvalue weighted by Gasteiger charge is 2.48. The van der Waals surface area contributed by atoms with Crippen molar-refractivity contribution in [2.45, 2.75) is 32.6 Å². The molecule has 0 aromatic rings. The predicted octanol–water partition coefficient (Wildman–Crippen LogP) is 2.14. The van der Waals surface area contributed by atoms with E-state index in [1.807, 2.05) is 0 Å². The van der Waals surface area contributed by atoms with Gasteiger partial charge in [0.1, 0.15) is 0 Å². The number of carboxylic acids is 1. The van der Waals surface area contributed by atoms with Crippen LogP contribution in [-0.4, -0.2) is 11.1 Å². The van der Waals surface area contributed by atoms with Crippen molar-refractivity contribution < 1.29 is 9.90 Å². The fourth-order valence-electron chi connectivity index (χ4n) is 3.25. The van der Waals surface area contributed by atoms with Gasteiger partial charge < -0.3 is 5.11 Å². The third kappa shape index (κ3) is 1.05. The van der Waals surface area contributed by atoms with Crippen LogP contribution < -0.4 is 0 Å². The Kier molecular flexibility index (Phi) is 1.85. The molecule has 0 spiro atoms. The van der Waals surface area contributed by atoms with Gasteiger partial charge in [0.25, 0.3) is 0 Å². The molecule has 12 heavy (non-hydrogen) atoms. The zero-order valence-corrected chi connectivity index (χ0v) is 7.49. The lowest BCUT2D eigenvalue weighted by Gasteiger charge is -2.25. The summed E-state index contributed by atoms with van der Waals surface area (Å²) in [4.78, 5) is 10.9. The average molecular weight is 168 g/mol. The lowest BCUT2D eigenvalue weighted by molar-refractivity contribution is -0.144. The molecule has 2 bridgehead atoms. The van der Waals surface area contributed by atoms with Gasteiger partial charge in [-0.1, -0.05) is 13.3 Å². The Bertz CT molecular complexity index is 200. The summed E-state index contributed by atoms with van der Waals surface area (Å²) >= 11 is 0. The molecule has 0 radical (unpaired) electrons. The average Bonchev–Trinajstić information content (AvgIpc) is 2.60. The van der Waals surface area contributed by atoms with Crippen LogP contribution in [0, 0.1) is 23.7 Å². The van der Waals surface area contributed by atoms with E-state index in [2.05, 4.69) is 6.92 Å². The van der Waals surface area contributed by atoms with Crippen LogP contribution in [0.3, 0.4) is 0 Å². The molecule has 0 aliphatic heterocycles. The van der Waals surface area contributed by atoms with E-state index in [4.69, 9.17) is 5.11 Å². The zero-order chi connectivity index (χ0) is 8.72. The smallest absolute Gasteiger partial charge is 0.306 e. The molecule has 2 rings (SSSR count). The summed E-state index contributed by atoms with van der Waals surface area (Å²) in [6.07, 6.45) is 4.61. The van der Waals surface area contributed by atoms with Crippen molar-refractivity contribution in [3.63, 3.8) is 0 Å². The van der Waals surface area contributed by atoms with Gasteiger partial charge in [0.2, 0.25) is 0 Å². The second-order valence-corrected chi connectivity index (χ2v) is 4.35.